The first-order chi connectivity index (χ1) is 9.70. The van der Waals surface area contributed by atoms with Crippen LogP contribution in [0.15, 0.2) is 0 Å². The monoisotopic (exact) mass is 279 g/mol. The van der Waals surface area contributed by atoms with Gasteiger partial charge in [0.1, 0.15) is 0 Å². The zero-order chi connectivity index (χ0) is 14.1. The minimum atomic E-state index is 0.183. The summed E-state index contributed by atoms with van der Waals surface area (Å²) in [6, 6.07) is 2.13. The Morgan fingerprint density at radius 3 is 2.45 bits per heavy atom. The summed E-state index contributed by atoms with van der Waals surface area (Å²) in [6.45, 7) is 4.31. The molecule has 0 radical (unpaired) electrons. The van der Waals surface area contributed by atoms with E-state index in [2.05, 4.69) is 17.1 Å². The number of likely N-dealkylation sites (tertiary alicyclic amines) is 1. The number of nitrogens with one attached hydrogen (secondary N) is 1. The average Bonchev–Trinajstić information content (AvgIpc) is 2.75. The van der Waals surface area contributed by atoms with Crippen LogP contribution in [0.1, 0.15) is 51.9 Å². The molecule has 0 aromatic rings. The Morgan fingerprint density at radius 1 is 1.20 bits per heavy atom. The summed E-state index contributed by atoms with van der Waals surface area (Å²) in [5.41, 5.74) is 0. The molecule has 0 aliphatic carbocycles. The molecule has 3 aliphatic rings. The van der Waals surface area contributed by atoms with E-state index < -0.39 is 0 Å². The molecule has 2 bridgehead atoms. The van der Waals surface area contributed by atoms with Crippen LogP contribution in [-0.4, -0.2) is 60.0 Å². The molecule has 4 heteroatoms. The fourth-order valence-electron chi connectivity index (χ4n) is 4.52. The van der Waals surface area contributed by atoms with Gasteiger partial charge in [0, 0.05) is 31.7 Å². The first kappa shape index (κ1) is 14.3. The minimum absolute atomic E-state index is 0.183. The third kappa shape index (κ3) is 2.60. The molecule has 0 aromatic carbocycles. The van der Waals surface area contributed by atoms with Crippen LogP contribution < -0.4 is 5.32 Å². The molecule has 0 saturated carbocycles. The van der Waals surface area contributed by atoms with Crippen LogP contribution in [0.3, 0.4) is 0 Å². The summed E-state index contributed by atoms with van der Waals surface area (Å²) in [6.07, 6.45) is 8.65. The number of nitrogens with zero attached hydrogens (tertiary/aromatic N) is 2. The predicted molar refractivity (Wildman–Crippen MR) is 80.6 cm³/mol. The van der Waals surface area contributed by atoms with E-state index in [0.717, 1.165) is 19.5 Å². The van der Waals surface area contributed by atoms with E-state index in [9.17, 15) is 4.79 Å². The fourth-order valence-corrected chi connectivity index (χ4v) is 4.52. The first-order valence-electron chi connectivity index (χ1n) is 8.46. The molecule has 3 fully saturated rings. The van der Waals surface area contributed by atoms with Gasteiger partial charge in [-0.3, -0.25) is 9.69 Å². The molecule has 1 amide bonds. The van der Waals surface area contributed by atoms with Crippen molar-refractivity contribution in [2.45, 2.75) is 76.0 Å². The third-order valence-electron chi connectivity index (χ3n) is 5.47. The Balaban J connectivity index is 1.69. The van der Waals surface area contributed by atoms with Crippen molar-refractivity contribution in [2.24, 2.45) is 0 Å². The van der Waals surface area contributed by atoms with Gasteiger partial charge in [0.25, 0.3) is 0 Å². The maximum atomic E-state index is 12.4. The number of carbonyl (C=O) groups is 1. The molecule has 0 aromatic heterocycles. The highest BCUT2D eigenvalue weighted by Gasteiger charge is 2.45. The number of amides is 1. The van der Waals surface area contributed by atoms with Crippen molar-refractivity contribution in [2.75, 3.05) is 20.1 Å². The van der Waals surface area contributed by atoms with Gasteiger partial charge in [-0.2, -0.15) is 0 Å². The molecule has 3 unspecified atom stereocenters. The van der Waals surface area contributed by atoms with E-state index in [1.54, 1.807) is 0 Å². The largest absolute Gasteiger partial charge is 0.344 e. The van der Waals surface area contributed by atoms with Crippen LogP contribution in [-0.2, 0) is 4.79 Å². The van der Waals surface area contributed by atoms with E-state index in [-0.39, 0.29) is 6.04 Å². The maximum absolute atomic E-state index is 12.4. The Kier molecular flexibility index (Phi) is 4.32. The molecule has 3 saturated heterocycles. The highest BCUT2D eigenvalue weighted by atomic mass is 16.2. The van der Waals surface area contributed by atoms with Gasteiger partial charge in [0.15, 0.2) is 0 Å². The van der Waals surface area contributed by atoms with Gasteiger partial charge in [-0.05, 0) is 45.1 Å². The van der Waals surface area contributed by atoms with Gasteiger partial charge < -0.3 is 10.2 Å². The normalized spacial score (nSPS) is 38.5. The lowest BCUT2D eigenvalue weighted by atomic mass is 9.80. The van der Waals surface area contributed by atoms with Crippen molar-refractivity contribution in [3.05, 3.63) is 0 Å². The van der Waals surface area contributed by atoms with Crippen molar-refractivity contribution in [3.63, 3.8) is 0 Å². The Bertz CT molecular complexity index is 346. The maximum Gasteiger partial charge on any atom is 0.239 e. The molecular formula is C16H29N3O. The Hall–Kier alpha value is -0.610. The summed E-state index contributed by atoms with van der Waals surface area (Å²) >= 11 is 0. The molecule has 3 aliphatic heterocycles. The van der Waals surface area contributed by atoms with Gasteiger partial charge in [-0.25, -0.2) is 0 Å². The highest BCUT2D eigenvalue weighted by Crippen LogP contribution is 2.37. The lowest BCUT2D eigenvalue weighted by molar-refractivity contribution is -0.135. The quantitative estimate of drug-likeness (QED) is 0.849. The second-order valence-corrected chi connectivity index (χ2v) is 6.87. The van der Waals surface area contributed by atoms with Gasteiger partial charge in [-0.1, -0.05) is 13.3 Å². The lowest BCUT2D eigenvalue weighted by Gasteiger charge is -2.51. The summed E-state index contributed by atoms with van der Waals surface area (Å²) in [4.78, 5) is 16.9. The van der Waals surface area contributed by atoms with Crippen molar-refractivity contribution in [1.82, 2.24) is 15.1 Å². The number of hydrogen-bond acceptors (Lipinski definition) is 3. The van der Waals surface area contributed by atoms with Gasteiger partial charge in [-0.15, -0.1) is 0 Å². The average molecular weight is 279 g/mol. The topological polar surface area (TPSA) is 35.6 Å². The molecule has 3 heterocycles. The standard InChI is InChI=1S/C16H29N3O/c1-3-8-17-12-10-13-5-4-6-14(11-12)19(13)15-7-9-18(2)16(15)20/h12-15,17H,3-11H2,1-2H3. The van der Waals surface area contributed by atoms with E-state index >= 15 is 0 Å². The van der Waals surface area contributed by atoms with E-state index in [1.807, 2.05) is 11.9 Å². The number of hydrogen-bond donors (Lipinski definition) is 1. The molecule has 1 N–H and O–H groups in total. The molecule has 114 valence electrons. The Labute approximate surface area is 122 Å². The molecule has 0 spiro atoms. The summed E-state index contributed by atoms with van der Waals surface area (Å²) in [5, 5.41) is 3.71. The van der Waals surface area contributed by atoms with Crippen molar-refractivity contribution in [1.29, 1.82) is 0 Å². The Morgan fingerprint density at radius 2 is 1.90 bits per heavy atom. The number of likely N-dealkylation sites (N-methyl/N-ethyl adjacent to an activating group) is 1. The van der Waals surface area contributed by atoms with Crippen LogP contribution in [0.5, 0.6) is 0 Å². The smallest absolute Gasteiger partial charge is 0.239 e. The summed E-state index contributed by atoms with van der Waals surface area (Å²) in [5.74, 6) is 0.363. The van der Waals surface area contributed by atoms with Crippen molar-refractivity contribution in [3.8, 4) is 0 Å². The number of fused-ring (bicyclic) bond motifs is 2. The van der Waals surface area contributed by atoms with Crippen LogP contribution in [0.25, 0.3) is 0 Å². The zero-order valence-corrected chi connectivity index (χ0v) is 13.0. The molecule has 4 nitrogen and oxygen atoms in total. The number of piperidine rings is 2. The molecule has 20 heavy (non-hydrogen) atoms. The highest BCUT2D eigenvalue weighted by molar-refractivity contribution is 5.83. The second kappa shape index (κ2) is 6.02. The molecule has 3 rings (SSSR count). The van der Waals surface area contributed by atoms with E-state index in [1.165, 1.54) is 38.5 Å². The van der Waals surface area contributed by atoms with Crippen LogP contribution >= 0.6 is 0 Å². The van der Waals surface area contributed by atoms with Gasteiger partial charge >= 0.3 is 0 Å². The van der Waals surface area contributed by atoms with Crippen molar-refractivity contribution >= 4 is 5.91 Å². The number of carbonyl (C=O) groups excluding carboxylic acids is 1. The SMILES string of the molecule is CCCNC1CC2CCCC(C1)N2C1CCN(C)C1=O. The minimum Gasteiger partial charge on any atom is -0.344 e. The molecular weight excluding hydrogens is 250 g/mol. The van der Waals surface area contributed by atoms with Gasteiger partial charge in [0.05, 0.1) is 6.04 Å². The fraction of sp³-hybridized carbons (Fsp3) is 0.938. The van der Waals surface area contributed by atoms with Crippen molar-refractivity contribution < 1.29 is 4.79 Å². The van der Waals surface area contributed by atoms with E-state index in [0.29, 0.717) is 24.0 Å². The van der Waals surface area contributed by atoms with Gasteiger partial charge in [0.2, 0.25) is 5.91 Å². The van der Waals surface area contributed by atoms with Crippen LogP contribution in [0.4, 0.5) is 0 Å². The zero-order valence-electron chi connectivity index (χ0n) is 13.0. The second-order valence-electron chi connectivity index (χ2n) is 6.87. The summed E-state index contributed by atoms with van der Waals surface area (Å²) in [7, 11) is 1.95. The number of rotatable bonds is 4. The van der Waals surface area contributed by atoms with E-state index in [4.69, 9.17) is 0 Å². The molecule has 3 atom stereocenters. The van der Waals surface area contributed by atoms with Crippen LogP contribution in [0.2, 0.25) is 0 Å². The summed E-state index contributed by atoms with van der Waals surface area (Å²) < 4.78 is 0. The lowest BCUT2D eigenvalue weighted by Crippen LogP contribution is -2.61. The third-order valence-corrected chi connectivity index (χ3v) is 5.47. The predicted octanol–water partition coefficient (Wildman–Crippen LogP) is 1.60. The first-order valence-corrected chi connectivity index (χ1v) is 8.46. The van der Waals surface area contributed by atoms with Crippen LogP contribution in [0, 0.1) is 0 Å².